The zero-order valence-electron chi connectivity index (χ0n) is 24.6. The van der Waals surface area contributed by atoms with E-state index in [1.54, 1.807) is 67.2 Å². The molecule has 222 valence electrons. The number of thiophene rings is 1. The van der Waals surface area contributed by atoms with E-state index in [0.717, 1.165) is 22.2 Å². The van der Waals surface area contributed by atoms with E-state index >= 15 is 0 Å². The van der Waals surface area contributed by atoms with Gasteiger partial charge in [0.15, 0.2) is 11.6 Å². The number of halogens is 1. The number of benzene rings is 2. The van der Waals surface area contributed by atoms with E-state index in [0.29, 0.717) is 38.5 Å². The first-order valence-electron chi connectivity index (χ1n) is 13.9. The highest BCUT2D eigenvalue weighted by atomic mass is 35.5. The molecule has 3 aromatic heterocycles. The van der Waals surface area contributed by atoms with Crippen LogP contribution >= 0.6 is 22.9 Å². The average Bonchev–Trinajstić information content (AvgIpc) is 3.65. The molecule has 3 heterocycles. The first-order valence-corrected chi connectivity index (χ1v) is 15.1. The van der Waals surface area contributed by atoms with Gasteiger partial charge in [-0.15, -0.1) is 21.5 Å². The molecule has 0 aliphatic carbocycles. The monoisotopic (exact) mass is 617 g/mol. The van der Waals surface area contributed by atoms with E-state index < -0.39 is 11.6 Å². The lowest BCUT2D eigenvalue weighted by Crippen LogP contribution is -2.30. The lowest BCUT2D eigenvalue weighted by atomic mass is 10.0. The fraction of sp³-hybridized carbons (Fsp3) is 0.281. The molecule has 5 rings (SSSR count). The molecule has 0 aliphatic rings. The van der Waals surface area contributed by atoms with Gasteiger partial charge >= 0.3 is 5.97 Å². The number of nitrogens with zero attached hydrogens (tertiary/aromatic N) is 4. The van der Waals surface area contributed by atoms with Gasteiger partial charge in [0.05, 0.1) is 17.1 Å². The van der Waals surface area contributed by atoms with E-state index in [9.17, 15) is 14.4 Å². The minimum Gasteiger partial charge on any atom is -0.459 e. The zero-order chi connectivity index (χ0) is 30.9. The van der Waals surface area contributed by atoms with Gasteiger partial charge < -0.3 is 14.6 Å². The summed E-state index contributed by atoms with van der Waals surface area (Å²) in [6.07, 6.45) is 0.739. The van der Waals surface area contributed by atoms with E-state index in [4.69, 9.17) is 16.3 Å². The van der Waals surface area contributed by atoms with Crippen molar-refractivity contribution in [1.82, 2.24) is 24.6 Å². The summed E-state index contributed by atoms with van der Waals surface area (Å²) in [6, 6.07) is 18.0. The maximum absolute atomic E-state index is 13.6. The van der Waals surface area contributed by atoms with Crippen LogP contribution in [-0.2, 0) is 29.0 Å². The second-order valence-corrected chi connectivity index (χ2v) is 12.6. The molecule has 43 heavy (non-hydrogen) atoms. The standard InChI is InChI=1S/C32H32ClN5O4S/c1-6-21-16-23(29(40)22-12-8-9-13-24(22)33)31(43-21)38-19(2)35-36-27(38)17-34-30(41)26-15-20-11-7-10-14-25(20)37(26)18-28(39)42-32(3,4)5/h7-16H,6,17-18H2,1-5H3,(H,34,41). The van der Waals surface area contributed by atoms with Gasteiger partial charge in [0.2, 0.25) is 0 Å². The average molecular weight is 618 g/mol. The molecule has 0 spiro atoms. The molecular weight excluding hydrogens is 586 g/mol. The summed E-state index contributed by atoms with van der Waals surface area (Å²) in [5, 5.41) is 13.4. The summed E-state index contributed by atoms with van der Waals surface area (Å²) in [5.41, 5.74) is 1.29. The number of aryl methyl sites for hydroxylation is 2. The molecule has 9 nitrogen and oxygen atoms in total. The lowest BCUT2D eigenvalue weighted by molar-refractivity contribution is -0.155. The molecule has 5 aromatic rings. The van der Waals surface area contributed by atoms with Crippen LogP contribution in [0.15, 0.2) is 60.7 Å². The van der Waals surface area contributed by atoms with Gasteiger partial charge in [-0.25, -0.2) is 0 Å². The summed E-state index contributed by atoms with van der Waals surface area (Å²) < 4.78 is 8.98. The largest absolute Gasteiger partial charge is 0.459 e. The second kappa shape index (κ2) is 12.1. The normalized spacial score (nSPS) is 11.6. The van der Waals surface area contributed by atoms with Gasteiger partial charge in [0, 0.05) is 21.3 Å². The molecule has 0 bridgehead atoms. The van der Waals surface area contributed by atoms with Crippen molar-refractivity contribution in [3.05, 3.63) is 99.0 Å². The minimum absolute atomic E-state index is 0.0344. The maximum Gasteiger partial charge on any atom is 0.326 e. The van der Waals surface area contributed by atoms with E-state index in [1.807, 2.05) is 37.3 Å². The number of rotatable bonds is 9. The Kier molecular flexibility index (Phi) is 8.52. The van der Waals surface area contributed by atoms with E-state index in [2.05, 4.69) is 15.5 Å². The number of ether oxygens (including phenoxy) is 1. The molecule has 0 atom stereocenters. The summed E-state index contributed by atoms with van der Waals surface area (Å²) in [5.74, 6) is -0.0103. The fourth-order valence-electron chi connectivity index (χ4n) is 4.83. The first kappa shape index (κ1) is 30.2. The number of ketones is 1. The van der Waals surface area contributed by atoms with Crippen molar-refractivity contribution in [2.45, 2.75) is 59.7 Å². The number of esters is 1. The minimum atomic E-state index is -0.657. The molecule has 0 aliphatic heterocycles. The second-order valence-electron chi connectivity index (χ2n) is 11.0. The number of para-hydroxylation sites is 1. The Morgan fingerprint density at radius 1 is 1.00 bits per heavy atom. The Morgan fingerprint density at radius 2 is 1.72 bits per heavy atom. The molecule has 1 N–H and O–H groups in total. The molecule has 0 saturated heterocycles. The Labute approximate surface area is 258 Å². The number of hydrogen-bond acceptors (Lipinski definition) is 7. The molecule has 0 fully saturated rings. The number of nitrogens with one attached hydrogen (secondary N) is 1. The predicted molar refractivity (Wildman–Crippen MR) is 167 cm³/mol. The summed E-state index contributed by atoms with van der Waals surface area (Å²) in [6.45, 7) is 9.14. The van der Waals surface area contributed by atoms with Gasteiger partial charge in [-0.1, -0.05) is 48.9 Å². The molecule has 1 amide bonds. The van der Waals surface area contributed by atoms with Crippen molar-refractivity contribution < 1.29 is 19.1 Å². The Bertz CT molecular complexity index is 1850. The predicted octanol–water partition coefficient (Wildman–Crippen LogP) is 6.31. The highest BCUT2D eigenvalue weighted by Crippen LogP contribution is 2.32. The number of hydrogen-bond donors (Lipinski definition) is 1. The molecule has 2 aromatic carbocycles. The number of fused-ring (bicyclic) bond motifs is 1. The van der Waals surface area contributed by atoms with Crippen LogP contribution in [0, 0.1) is 6.92 Å². The summed E-state index contributed by atoms with van der Waals surface area (Å²) in [4.78, 5) is 41.0. The van der Waals surface area contributed by atoms with Gasteiger partial charge in [0.25, 0.3) is 5.91 Å². The van der Waals surface area contributed by atoms with Crippen LogP contribution in [0.3, 0.4) is 0 Å². The van der Waals surface area contributed by atoms with Crippen molar-refractivity contribution in [2.75, 3.05) is 0 Å². The summed E-state index contributed by atoms with van der Waals surface area (Å²) >= 11 is 7.84. The highest BCUT2D eigenvalue weighted by Gasteiger charge is 2.25. The summed E-state index contributed by atoms with van der Waals surface area (Å²) in [7, 11) is 0. The third-order valence-electron chi connectivity index (χ3n) is 6.73. The van der Waals surface area contributed by atoms with Crippen molar-refractivity contribution in [2.24, 2.45) is 0 Å². The van der Waals surface area contributed by atoms with Crippen molar-refractivity contribution in [3.63, 3.8) is 0 Å². The molecule has 11 heteroatoms. The SMILES string of the molecule is CCc1cc(C(=O)c2ccccc2Cl)c(-n2c(C)nnc2CNC(=O)c2cc3ccccc3n2CC(=O)OC(C)(C)C)s1. The van der Waals surface area contributed by atoms with Gasteiger partial charge in [-0.3, -0.25) is 19.0 Å². The maximum atomic E-state index is 13.6. The van der Waals surface area contributed by atoms with Crippen molar-refractivity contribution >= 4 is 51.5 Å². The molecule has 0 saturated carbocycles. The van der Waals surface area contributed by atoms with Crippen LogP contribution in [0.1, 0.15) is 70.6 Å². The number of aromatic nitrogens is 4. The quantitative estimate of drug-likeness (QED) is 0.153. The van der Waals surface area contributed by atoms with Crippen LogP contribution in [-0.4, -0.2) is 42.6 Å². The Morgan fingerprint density at radius 3 is 2.44 bits per heavy atom. The van der Waals surface area contributed by atoms with Crippen LogP contribution < -0.4 is 5.32 Å². The van der Waals surface area contributed by atoms with Crippen molar-refractivity contribution in [3.8, 4) is 5.00 Å². The van der Waals surface area contributed by atoms with Gasteiger partial charge in [-0.2, -0.15) is 0 Å². The Balaban J connectivity index is 1.45. The molecular formula is C32H32ClN5O4S. The smallest absolute Gasteiger partial charge is 0.326 e. The number of amides is 1. The number of carbonyl (C=O) groups is 3. The molecule has 0 radical (unpaired) electrons. The van der Waals surface area contributed by atoms with E-state index in [1.165, 1.54) is 11.3 Å². The highest BCUT2D eigenvalue weighted by molar-refractivity contribution is 7.15. The van der Waals surface area contributed by atoms with E-state index in [-0.39, 0.29) is 24.8 Å². The van der Waals surface area contributed by atoms with Gasteiger partial charge in [0.1, 0.15) is 28.7 Å². The third kappa shape index (κ3) is 6.40. The Hall–Kier alpha value is -4.28. The van der Waals surface area contributed by atoms with Gasteiger partial charge in [-0.05, 0) is 64.4 Å². The van der Waals surface area contributed by atoms with Crippen LogP contribution in [0.2, 0.25) is 5.02 Å². The molecule has 0 unspecified atom stereocenters. The van der Waals surface area contributed by atoms with Crippen LogP contribution in [0.25, 0.3) is 15.9 Å². The first-order chi connectivity index (χ1) is 20.5. The topological polar surface area (TPSA) is 108 Å². The fourth-order valence-corrected chi connectivity index (χ4v) is 6.21. The van der Waals surface area contributed by atoms with Crippen LogP contribution in [0.5, 0.6) is 0 Å². The lowest BCUT2D eigenvalue weighted by Gasteiger charge is -2.20. The number of carbonyl (C=O) groups excluding carboxylic acids is 3. The third-order valence-corrected chi connectivity index (χ3v) is 8.32. The van der Waals surface area contributed by atoms with Crippen molar-refractivity contribution in [1.29, 1.82) is 0 Å². The zero-order valence-corrected chi connectivity index (χ0v) is 26.2. The van der Waals surface area contributed by atoms with Crippen LogP contribution in [0.4, 0.5) is 0 Å².